The third kappa shape index (κ3) is 2.16. The summed E-state index contributed by atoms with van der Waals surface area (Å²) < 4.78 is 0. The highest BCUT2D eigenvalue weighted by molar-refractivity contribution is 5.85. The smallest absolute Gasteiger partial charge is 0.241 e. The molecule has 2 unspecified atom stereocenters. The van der Waals surface area contributed by atoms with E-state index in [-0.39, 0.29) is 35.8 Å². The Kier molecular flexibility index (Phi) is 3.53. The third-order valence-corrected chi connectivity index (χ3v) is 7.51. The van der Waals surface area contributed by atoms with Gasteiger partial charge in [0.2, 0.25) is 5.91 Å². The van der Waals surface area contributed by atoms with E-state index in [2.05, 4.69) is 6.07 Å². The van der Waals surface area contributed by atoms with Crippen molar-refractivity contribution in [3.8, 4) is 6.07 Å². The highest BCUT2D eigenvalue weighted by atomic mass is 35.5. The van der Waals surface area contributed by atoms with Crippen LogP contribution in [-0.4, -0.2) is 39.6 Å². The van der Waals surface area contributed by atoms with Crippen molar-refractivity contribution in [2.75, 3.05) is 0 Å². The van der Waals surface area contributed by atoms with E-state index in [0.29, 0.717) is 24.2 Å². The van der Waals surface area contributed by atoms with Crippen molar-refractivity contribution < 1.29 is 9.90 Å². The number of rotatable bonds is 2. The number of likely N-dealkylation sites (tertiary alicyclic amines) is 1. The molecule has 3 N–H and O–H groups in total. The van der Waals surface area contributed by atoms with E-state index >= 15 is 0 Å². The zero-order valence-corrected chi connectivity index (χ0v) is 14.7. The highest BCUT2D eigenvalue weighted by Gasteiger charge is 2.62. The van der Waals surface area contributed by atoms with Crippen molar-refractivity contribution >= 4 is 18.3 Å². The molecule has 0 spiro atoms. The molecule has 1 heterocycles. The zero-order chi connectivity index (χ0) is 16.0. The van der Waals surface area contributed by atoms with Gasteiger partial charge in [-0.15, -0.1) is 12.4 Å². The number of hydrogen-bond donors (Lipinski definition) is 2. The Morgan fingerprint density at radius 3 is 2.46 bits per heavy atom. The van der Waals surface area contributed by atoms with Gasteiger partial charge in [-0.3, -0.25) is 4.79 Å². The number of nitrogens with zero attached hydrogens (tertiary/aromatic N) is 2. The molecule has 6 aliphatic rings. The van der Waals surface area contributed by atoms with E-state index in [4.69, 9.17) is 5.73 Å². The molecule has 0 aromatic carbocycles. The number of hydrogen-bond acceptors (Lipinski definition) is 4. The molecule has 5 aliphatic carbocycles. The van der Waals surface area contributed by atoms with Crippen LogP contribution in [0, 0.1) is 34.5 Å². The van der Waals surface area contributed by atoms with Crippen LogP contribution in [0.15, 0.2) is 0 Å². The molecule has 6 atom stereocenters. The van der Waals surface area contributed by atoms with Gasteiger partial charge in [0.25, 0.3) is 0 Å². The minimum Gasteiger partial charge on any atom is -0.390 e. The Morgan fingerprint density at radius 1 is 1.21 bits per heavy atom. The van der Waals surface area contributed by atoms with E-state index in [1.165, 1.54) is 6.42 Å². The number of carbonyl (C=O) groups is 1. The number of nitrogens with two attached hydrogens (primary N) is 1. The van der Waals surface area contributed by atoms with Gasteiger partial charge in [-0.25, -0.2) is 0 Å². The van der Waals surface area contributed by atoms with E-state index < -0.39 is 11.6 Å². The molecule has 6 fully saturated rings. The molecule has 0 radical (unpaired) electrons. The topological polar surface area (TPSA) is 90.4 Å². The van der Waals surface area contributed by atoms with E-state index in [1.807, 2.05) is 0 Å². The van der Waals surface area contributed by atoms with E-state index in [0.717, 1.165) is 38.5 Å². The van der Waals surface area contributed by atoms with Crippen LogP contribution in [0.1, 0.15) is 51.4 Å². The molecule has 0 aromatic rings. The van der Waals surface area contributed by atoms with Gasteiger partial charge >= 0.3 is 0 Å². The molecule has 5 nitrogen and oxygen atoms in total. The van der Waals surface area contributed by atoms with Crippen LogP contribution in [0.5, 0.6) is 0 Å². The normalized spacial score (nSPS) is 51.5. The fourth-order valence-electron chi connectivity index (χ4n) is 6.96. The Morgan fingerprint density at radius 2 is 1.88 bits per heavy atom. The maximum absolute atomic E-state index is 13.1. The Balaban J connectivity index is 0.00000146. The van der Waals surface area contributed by atoms with Gasteiger partial charge in [0.05, 0.1) is 17.7 Å². The first-order chi connectivity index (χ1) is 10.9. The predicted molar refractivity (Wildman–Crippen MR) is 90.0 cm³/mol. The number of piperidine rings is 1. The second kappa shape index (κ2) is 5.09. The summed E-state index contributed by atoms with van der Waals surface area (Å²) >= 11 is 0. The number of aliphatic hydroxyl groups is 1. The number of carbonyl (C=O) groups excluding carboxylic acids is 1. The molecule has 0 aromatic heterocycles. The lowest BCUT2D eigenvalue weighted by Crippen LogP contribution is -2.64. The molecule has 132 valence electrons. The lowest BCUT2D eigenvalue weighted by atomic mass is 9.46. The average Bonchev–Trinajstić information content (AvgIpc) is 3.14. The first-order valence-corrected chi connectivity index (χ1v) is 9.13. The minimum atomic E-state index is -0.594. The molecule has 4 bridgehead atoms. The fraction of sp³-hybridized carbons (Fsp3) is 0.889. The van der Waals surface area contributed by atoms with Gasteiger partial charge in [0.1, 0.15) is 6.04 Å². The van der Waals surface area contributed by atoms with Crippen LogP contribution in [0.2, 0.25) is 0 Å². The SMILES string of the molecule is Cl.N#C[C@H]1C[C@H]2C[C@H]2N1C(=O)[C@@H](N)C12CC3CC(CC(O)(C3)C1)C2. The molecular weight excluding hydrogens is 326 g/mol. The van der Waals surface area contributed by atoms with Crippen LogP contribution in [0.25, 0.3) is 0 Å². The summed E-state index contributed by atoms with van der Waals surface area (Å²) in [6.07, 6.45) is 7.48. The van der Waals surface area contributed by atoms with Gasteiger partial charge in [-0.1, -0.05) is 0 Å². The van der Waals surface area contributed by atoms with Crippen molar-refractivity contribution in [3.05, 3.63) is 0 Å². The lowest BCUT2D eigenvalue weighted by molar-refractivity contribution is -0.177. The Labute approximate surface area is 149 Å². The van der Waals surface area contributed by atoms with E-state index in [1.54, 1.807) is 4.90 Å². The van der Waals surface area contributed by atoms with Crippen molar-refractivity contribution in [2.45, 2.75) is 75.1 Å². The van der Waals surface area contributed by atoms with Gasteiger partial charge in [0, 0.05) is 6.04 Å². The van der Waals surface area contributed by atoms with Crippen molar-refractivity contribution in [3.63, 3.8) is 0 Å². The second-order valence-corrected chi connectivity index (χ2v) is 9.21. The van der Waals surface area contributed by atoms with Crippen LogP contribution < -0.4 is 5.73 Å². The molecule has 1 amide bonds. The van der Waals surface area contributed by atoms with Crippen molar-refractivity contribution in [2.24, 2.45) is 28.9 Å². The first-order valence-electron chi connectivity index (χ1n) is 9.13. The molecule has 5 saturated carbocycles. The van der Waals surface area contributed by atoms with Gasteiger partial charge in [0.15, 0.2) is 0 Å². The lowest BCUT2D eigenvalue weighted by Gasteiger charge is -2.61. The number of amides is 1. The van der Waals surface area contributed by atoms with Crippen molar-refractivity contribution in [1.29, 1.82) is 5.26 Å². The zero-order valence-electron chi connectivity index (χ0n) is 13.9. The summed E-state index contributed by atoms with van der Waals surface area (Å²) in [7, 11) is 0. The summed E-state index contributed by atoms with van der Waals surface area (Å²) in [5.41, 5.74) is 5.71. The molecule has 6 rings (SSSR count). The maximum atomic E-state index is 13.1. The van der Waals surface area contributed by atoms with Crippen LogP contribution in [0.3, 0.4) is 0 Å². The maximum Gasteiger partial charge on any atom is 0.241 e. The summed E-state index contributed by atoms with van der Waals surface area (Å²) in [5.74, 6) is 1.56. The molecule has 1 aliphatic heterocycles. The molecular formula is C18H26ClN3O2. The van der Waals surface area contributed by atoms with Crippen molar-refractivity contribution in [1.82, 2.24) is 4.90 Å². The molecule has 24 heavy (non-hydrogen) atoms. The second-order valence-electron chi connectivity index (χ2n) is 9.21. The number of nitriles is 1. The standard InChI is InChI=1S/C18H25N3O2.ClH/c19-8-13-2-12-3-14(12)21(13)16(22)15(20)17-4-10-1-11(5-17)7-18(23,6-10)9-17;/h10-15,23H,1-7,9,20H2;1H/t10?,11?,12-,13+,14+,15+,17?,18?;/m0./s1. The largest absolute Gasteiger partial charge is 0.390 e. The monoisotopic (exact) mass is 351 g/mol. The summed E-state index contributed by atoms with van der Waals surface area (Å²) in [4.78, 5) is 14.9. The third-order valence-electron chi connectivity index (χ3n) is 7.51. The van der Waals surface area contributed by atoms with Gasteiger partial charge in [-0.05, 0) is 74.5 Å². The molecule has 6 heteroatoms. The predicted octanol–water partition coefficient (Wildman–Crippen LogP) is 1.58. The van der Waals surface area contributed by atoms with Gasteiger partial charge < -0.3 is 15.7 Å². The summed E-state index contributed by atoms with van der Waals surface area (Å²) in [5, 5.41) is 20.2. The van der Waals surface area contributed by atoms with Gasteiger partial charge in [-0.2, -0.15) is 5.26 Å². The average molecular weight is 352 g/mol. The summed E-state index contributed by atoms with van der Waals surface area (Å²) in [6.45, 7) is 0. The van der Waals surface area contributed by atoms with Crippen LogP contribution >= 0.6 is 12.4 Å². The van der Waals surface area contributed by atoms with Crippen LogP contribution in [0.4, 0.5) is 0 Å². The number of halogens is 1. The van der Waals surface area contributed by atoms with Crippen LogP contribution in [-0.2, 0) is 4.79 Å². The van der Waals surface area contributed by atoms with E-state index in [9.17, 15) is 15.2 Å². The minimum absolute atomic E-state index is 0. The Bertz CT molecular complexity index is 604. The highest BCUT2D eigenvalue weighted by Crippen LogP contribution is 2.63. The molecule has 1 saturated heterocycles. The quantitative estimate of drug-likeness (QED) is 0.790. The first kappa shape index (κ1) is 16.6. The number of fused-ring (bicyclic) bond motifs is 1. The Hall–Kier alpha value is -0.830. The summed E-state index contributed by atoms with van der Waals surface area (Å²) in [6, 6.07) is 1.72. The fourth-order valence-corrected chi connectivity index (χ4v) is 6.96.